The van der Waals surface area contributed by atoms with Crippen molar-refractivity contribution >= 4 is 15.9 Å². The molecule has 0 aromatic heterocycles. The number of ether oxygens (including phenoxy) is 1. The van der Waals surface area contributed by atoms with Crippen LogP contribution in [-0.2, 0) is 6.54 Å². The summed E-state index contributed by atoms with van der Waals surface area (Å²) in [6.45, 7) is 2.73. The van der Waals surface area contributed by atoms with Crippen LogP contribution < -0.4 is 10.1 Å². The lowest BCUT2D eigenvalue weighted by atomic mass is 10.2. The van der Waals surface area contributed by atoms with Gasteiger partial charge in [0.2, 0.25) is 0 Å². The van der Waals surface area contributed by atoms with Gasteiger partial charge < -0.3 is 10.1 Å². The number of benzene rings is 1. The molecule has 1 N–H and O–H groups in total. The Kier molecular flexibility index (Phi) is 5.85. The lowest BCUT2D eigenvalue weighted by Gasteiger charge is -2.13. The van der Waals surface area contributed by atoms with E-state index in [9.17, 15) is 8.78 Å². The molecule has 5 heteroatoms. The van der Waals surface area contributed by atoms with Gasteiger partial charge in [0.1, 0.15) is 5.75 Å². The summed E-state index contributed by atoms with van der Waals surface area (Å²) in [4.78, 5) is 0. The van der Waals surface area contributed by atoms with E-state index in [1.165, 1.54) is 0 Å². The Bertz CT molecular complexity index is 358. The van der Waals surface area contributed by atoms with Crippen LogP contribution in [0.1, 0.15) is 19.4 Å². The van der Waals surface area contributed by atoms with E-state index in [1.54, 1.807) is 18.2 Å². The average Bonchev–Trinajstić information content (AvgIpc) is 2.21. The first-order chi connectivity index (χ1) is 7.99. The van der Waals surface area contributed by atoms with Gasteiger partial charge in [-0.1, -0.05) is 29.8 Å². The van der Waals surface area contributed by atoms with Crippen LogP contribution in [-0.4, -0.2) is 13.2 Å². The number of halogens is 3. The molecule has 17 heavy (non-hydrogen) atoms. The van der Waals surface area contributed by atoms with Gasteiger partial charge in [0.05, 0.1) is 0 Å². The predicted octanol–water partition coefficient (Wildman–Crippen LogP) is 3.80. The van der Waals surface area contributed by atoms with Gasteiger partial charge in [-0.05, 0) is 30.7 Å². The summed E-state index contributed by atoms with van der Waals surface area (Å²) in [6, 6.07) is 5.01. The Morgan fingerprint density at radius 2 is 2.06 bits per heavy atom. The van der Waals surface area contributed by atoms with Crippen molar-refractivity contribution in [3.63, 3.8) is 0 Å². The molecule has 0 fully saturated rings. The molecule has 0 aliphatic carbocycles. The third-order valence-corrected chi connectivity index (χ3v) is 2.60. The van der Waals surface area contributed by atoms with Gasteiger partial charge in [-0.25, -0.2) is 0 Å². The highest BCUT2D eigenvalue weighted by Crippen LogP contribution is 2.24. The van der Waals surface area contributed by atoms with Crippen molar-refractivity contribution in [3.8, 4) is 5.75 Å². The van der Waals surface area contributed by atoms with E-state index in [1.807, 2.05) is 0 Å². The molecule has 1 aromatic rings. The van der Waals surface area contributed by atoms with Crippen molar-refractivity contribution in [2.24, 2.45) is 5.92 Å². The summed E-state index contributed by atoms with van der Waals surface area (Å²) in [5.41, 5.74) is 0.723. The van der Waals surface area contributed by atoms with Gasteiger partial charge >= 0.3 is 6.61 Å². The van der Waals surface area contributed by atoms with Gasteiger partial charge in [-0.2, -0.15) is 8.78 Å². The quantitative estimate of drug-likeness (QED) is 0.863. The molecule has 0 saturated carbocycles. The zero-order valence-electron chi connectivity index (χ0n) is 9.84. The summed E-state index contributed by atoms with van der Waals surface area (Å²) >= 11 is 3.31. The molecular weight excluding hydrogens is 292 g/mol. The van der Waals surface area contributed by atoms with Crippen molar-refractivity contribution in [1.29, 1.82) is 0 Å². The Hall–Kier alpha value is -0.680. The highest BCUT2D eigenvalue weighted by Gasteiger charge is 2.10. The molecule has 1 rings (SSSR count). The van der Waals surface area contributed by atoms with Crippen LogP contribution in [0.4, 0.5) is 8.78 Å². The van der Waals surface area contributed by atoms with Gasteiger partial charge in [-0.15, -0.1) is 0 Å². The van der Waals surface area contributed by atoms with Crippen molar-refractivity contribution in [1.82, 2.24) is 5.32 Å². The first-order valence-electron chi connectivity index (χ1n) is 5.43. The summed E-state index contributed by atoms with van der Waals surface area (Å²) in [5.74, 6) is 0.737. The fraction of sp³-hybridized carbons (Fsp3) is 0.500. The fourth-order valence-corrected chi connectivity index (χ4v) is 1.80. The smallest absolute Gasteiger partial charge is 0.387 e. The van der Waals surface area contributed by atoms with Crippen LogP contribution in [0.2, 0.25) is 0 Å². The molecular formula is C12H16BrF2NO. The van der Waals surface area contributed by atoms with Crippen LogP contribution >= 0.6 is 15.9 Å². The second-order valence-electron chi connectivity index (χ2n) is 4.16. The van der Waals surface area contributed by atoms with Crippen LogP contribution in [0.5, 0.6) is 5.75 Å². The van der Waals surface area contributed by atoms with Gasteiger partial charge in [0, 0.05) is 16.6 Å². The number of hydrogen-bond donors (Lipinski definition) is 1. The summed E-state index contributed by atoms with van der Waals surface area (Å²) in [7, 11) is 0. The van der Waals surface area contributed by atoms with Crippen molar-refractivity contribution < 1.29 is 13.5 Å². The number of nitrogens with one attached hydrogen (secondary N) is 1. The fourth-order valence-electron chi connectivity index (χ4n) is 1.39. The van der Waals surface area contributed by atoms with Crippen LogP contribution in [0.25, 0.3) is 0 Å². The Morgan fingerprint density at radius 1 is 1.35 bits per heavy atom. The molecule has 96 valence electrons. The SMILES string of the molecule is CC(C)CNCc1cc(Br)ccc1OC(F)F. The largest absolute Gasteiger partial charge is 0.434 e. The van der Waals surface area contributed by atoms with E-state index < -0.39 is 6.61 Å². The van der Waals surface area contributed by atoms with E-state index in [0.29, 0.717) is 12.5 Å². The first kappa shape index (κ1) is 14.4. The molecule has 0 unspecified atom stereocenters. The van der Waals surface area contributed by atoms with Crippen molar-refractivity contribution in [2.75, 3.05) is 6.54 Å². The Balaban J connectivity index is 2.69. The molecule has 1 aromatic carbocycles. The summed E-state index contributed by atoms with van der Waals surface area (Å²) < 4.78 is 29.7. The third kappa shape index (κ3) is 5.46. The van der Waals surface area contributed by atoms with Crippen molar-refractivity contribution in [2.45, 2.75) is 27.0 Å². The molecule has 0 saturated heterocycles. The lowest BCUT2D eigenvalue weighted by Crippen LogP contribution is -2.19. The Morgan fingerprint density at radius 3 is 2.65 bits per heavy atom. The topological polar surface area (TPSA) is 21.3 Å². The second-order valence-corrected chi connectivity index (χ2v) is 5.07. The van der Waals surface area contributed by atoms with Gasteiger partial charge in [-0.3, -0.25) is 0 Å². The van der Waals surface area contributed by atoms with E-state index in [-0.39, 0.29) is 5.75 Å². The van der Waals surface area contributed by atoms with E-state index in [0.717, 1.165) is 16.6 Å². The third-order valence-electron chi connectivity index (χ3n) is 2.11. The zero-order valence-corrected chi connectivity index (χ0v) is 11.4. The number of alkyl halides is 2. The van der Waals surface area contributed by atoms with Crippen LogP contribution in [0, 0.1) is 5.92 Å². The Labute approximate surface area is 108 Å². The normalized spacial score (nSPS) is 11.2. The van der Waals surface area contributed by atoms with E-state index in [2.05, 4.69) is 39.8 Å². The van der Waals surface area contributed by atoms with Crippen LogP contribution in [0.3, 0.4) is 0 Å². The molecule has 0 heterocycles. The molecule has 0 bridgehead atoms. The maximum Gasteiger partial charge on any atom is 0.387 e. The summed E-state index contributed by atoms with van der Waals surface area (Å²) in [6.07, 6.45) is 0. The molecule has 0 spiro atoms. The molecule has 0 aliphatic heterocycles. The second kappa shape index (κ2) is 6.91. The van der Waals surface area contributed by atoms with Gasteiger partial charge in [0.25, 0.3) is 0 Å². The summed E-state index contributed by atoms with van der Waals surface area (Å²) in [5, 5.41) is 3.20. The standard InChI is InChI=1S/C12H16BrF2NO/c1-8(2)6-16-7-9-5-10(13)3-4-11(9)17-12(14)15/h3-5,8,12,16H,6-7H2,1-2H3. The predicted molar refractivity (Wildman–Crippen MR) is 67.3 cm³/mol. The molecule has 0 aliphatic rings. The highest BCUT2D eigenvalue weighted by atomic mass is 79.9. The average molecular weight is 308 g/mol. The lowest BCUT2D eigenvalue weighted by molar-refractivity contribution is -0.0505. The monoisotopic (exact) mass is 307 g/mol. The van der Waals surface area contributed by atoms with Gasteiger partial charge in [0.15, 0.2) is 0 Å². The number of hydrogen-bond acceptors (Lipinski definition) is 2. The van der Waals surface area contributed by atoms with E-state index >= 15 is 0 Å². The number of rotatable bonds is 6. The minimum absolute atomic E-state index is 0.222. The molecule has 0 radical (unpaired) electrons. The maximum absolute atomic E-state index is 12.2. The van der Waals surface area contributed by atoms with Crippen molar-refractivity contribution in [3.05, 3.63) is 28.2 Å². The molecule has 2 nitrogen and oxygen atoms in total. The van der Waals surface area contributed by atoms with E-state index in [4.69, 9.17) is 0 Å². The molecule has 0 atom stereocenters. The zero-order chi connectivity index (χ0) is 12.8. The van der Waals surface area contributed by atoms with Crippen LogP contribution in [0.15, 0.2) is 22.7 Å². The molecule has 0 amide bonds. The highest BCUT2D eigenvalue weighted by molar-refractivity contribution is 9.10. The minimum Gasteiger partial charge on any atom is -0.434 e. The minimum atomic E-state index is -2.79. The first-order valence-corrected chi connectivity index (χ1v) is 6.22. The maximum atomic E-state index is 12.2.